The minimum absolute atomic E-state index is 0.217. The first-order valence-electron chi connectivity index (χ1n) is 6.53. The van der Waals surface area contributed by atoms with E-state index in [4.69, 9.17) is 12.2 Å². The van der Waals surface area contributed by atoms with Crippen LogP contribution in [0.5, 0.6) is 0 Å². The number of rotatable bonds is 1. The third-order valence-electron chi connectivity index (χ3n) is 3.97. The van der Waals surface area contributed by atoms with Crippen molar-refractivity contribution >= 4 is 28.5 Å². The number of allylic oxidation sites excluding steroid dienone is 1. The third kappa shape index (κ3) is 1.57. The lowest BCUT2D eigenvalue weighted by Crippen LogP contribution is -2.10. The molecule has 1 heterocycles. The number of benzene rings is 2. The third-order valence-corrected chi connectivity index (χ3v) is 4.31. The highest BCUT2D eigenvalue weighted by Crippen LogP contribution is 2.44. The Balaban J connectivity index is 1.85. The van der Waals surface area contributed by atoms with Crippen molar-refractivity contribution in [2.24, 2.45) is 0 Å². The van der Waals surface area contributed by atoms with Crippen LogP contribution in [0.25, 0.3) is 5.57 Å². The second kappa shape index (κ2) is 4.04. The molecule has 2 aliphatic rings. The Hall–Kier alpha value is -1.93. The number of hydrogen-bond donors (Lipinski definition) is 1. The summed E-state index contributed by atoms with van der Waals surface area (Å²) in [4.78, 5) is 0.921. The summed E-state index contributed by atoms with van der Waals surface area (Å²) in [5.74, 6) is 0.217. The molecule has 2 heteroatoms. The molecule has 0 radical (unpaired) electrons. The first kappa shape index (κ1) is 10.9. The molecule has 92 valence electrons. The SMILES string of the molecule is S=C1Nc2ccccc2C1C1=CCc2ccccc21. The van der Waals surface area contributed by atoms with E-state index in [0.29, 0.717) is 0 Å². The summed E-state index contributed by atoms with van der Waals surface area (Å²) in [5.41, 5.74) is 6.58. The molecule has 0 saturated carbocycles. The van der Waals surface area contributed by atoms with Crippen molar-refractivity contribution in [3.05, 3.63) is 71.3 Å². The Morgan fingerprint density at radius 3 is 2.74 bits per heavy atom. The summed E-state index contributed by atoms with van der Waals surface area (Å²) in [6, 6.07) is 17.0. The Morgan fingerprint density at radius 1 is 1.00 bits per heavy atom. The van der Waals surface area contributed by atoms with Crippen LogP contribution in [-0.2, 0) is 6.42 Å². The summed E-state index contributed by atoms with van der Waals surface area (Å²) >= 11 is 5.56. The van der Waals surface area contributed by atoms with Gasteiger partial charge in [0, 0.05) is 5.69 Å². The fraction of sp³-hybridized carbons (Fsp3) is 0.118. The average Bonchev–Trinajstić information content (AvgIpc) is 2.98. The molecule has 1 N–H and O–H groups in total. The van der Waals surface area contributed by atoms with Crippen LogP contribution < -0.4 is 5.32 Å². The Bertz CT molecular complexity index is 715. The molecule has 0 amide bonds. The van der Waals surface area contributed by atoms with Crippen LogP contribution >= 0.6 is 12.2 Å². The quantitative estimate of drug-likeness (QED) is 0.775. The monoisotopic (exact) mass is 263 g/mol. The van der Waals surface area contributed by atoms with Gasteiger partial charge in [-0.25, -0.2) is 0 Å². The van der Waals surface area contributed by atoms with Gasteiger partial charge in [-0.3, -0.25) is 0 Å². The Kier molecular flexibility index (Phi) is 2.32. The molecular weight excluding hydrogens is 250 g/mol. The lowest BCUT2D eigenvalue weighted by atomic mass is 9.89. The zero-order chi connectivity index (χ0) is 12.8. The van der Waals surface area contributed by atoms with Crippen molar-refractivity contribution in [2.75, 3.05) is 5.32 Å². The summed E-state index contributed by atoms with van der Waals surface area (Å²) in [6.45, 7) is 0. The lowest BCUT2D eigenvalue weighted by Gasteiger charge is -2.14. The van der Waals surface area contributed by atoms with Crippen molar-refractivity contribution in [1.29, 1.82) is 0 Å². The highest BCUT2D eigenvalue weighted by Gasteiger charge is 2.32. The van der Waals surface area contributed by atoms with Crippen LogP contribution in [-0.4, -0.2) is 4.99 Å². The molecular formula is C17H13NS. The second-order valence-corrected chi connectivity index (χ2v) is 5.47. The molecule has 1 aliphatic heterocycles. The molecule has 0 fully saturated rings. The number of thiocarbonyl (C=S) groups is 1. The normalized spacial score (nSPS) is 19.7. The van der Waals surface area contributed by atoms with E-state index >= 15 is 0 Å². The Morgan fingerprint density at radius 2 is 1.79 bits per heavy atom. The Labute approximate surface area is 118 Å². The van der Waals surface area contributed by atoms with Crippen molar-refractivity contribution in [1.82, 2.24) is 0 Å². The highest BCUT2D eigenvalue weighted by molar-refractivity contribution is 7.80. The van der Waals surface area contributed by atoms with E-state index in [9.17, 15) is 0 Å². The van der Waals surface area contributed by atoms with Gasteiger partial charge in [-0.2, -0.15) is 0 Å². The van der Waals surface area contributed by atoms with Crippen LogP contribution in [0.2, 0.25) is 0 Å². The molecule has 0 aromatic heterocycles. The molecule has 2 aromatic rings. The van der Waals surface area contributed by atoms with Crippen LogP contribution in [0.3, 0.4) is 0 Å². The molecule has 1 aliphatic carbocycles. The topological polar surface area (TPSA) is 12.0 Å². The molecule has 1 unspecified atom stereocenters. The van der Waals surface area contributed by atoms with Gasteiger partial charge in [0.15, 0.2) is 0 Å². The van der Waals surface area contributed by atoms with Crippen molar-refractivity contribution < 1.29 is 0 Å². The number of nitrogens with one attached hydrogen (secondary N) is 1. The summed E-state index contributed by atoms with van der Waals surface area (Å²) in [5, 5.41) is 3.35. The highest BCUT2D eigenvalue weighted by atomic mass is 32.1. The van der Waals surface area contributed by atoms with Crippen molar-refractivity contribution in [2.45, 2.75) is 12.3 Å². The van der Waals surface area contributed by atoms with Gasteiger partial charge in [0.05, 0.1) is 10.9 Å². The number of fused-ring (bicyclic) bond motifs is 2. The second-order valence-electron chi connectivity index (χ2n) is 5.03. The van der Waals surface area contributed by atoms with E-state index in [2.05, 4.69) is 53.9 Å². The van der Waals surface area contributed by atoms with Crippen LogP contribution in [0.15, 0.2) is 54.6 Å². The van der Waals surface area contributed by atoms with Crippen molar-refractivity contribution in [3.63, 3.8) is 0 Å². The van der Waals surface area contributed by atoms with E-state index in [1.165, 1.54) is 22.3 Å². The van der Waals surface area contributed by atoms with Gasteiger partial charge in [-0.15, -0.1) is 0 Å². The number of anilines is 1. The zero-order valence-corrected chi connectivity index (χ0v) is 11.2. The first-order chi connectivity index (χ1) is 9.34. The predicted molar refractivity (Wildman–Crippen MR) is 83.5 cm³/mol. The average molecular weight is 263 g/mol. The maximum atomic E-state index is 5.56. The van der Waals surface area contributed by atoms with E-state index in [1.54, 1.807) is 0 Å². The molecule has 1 atom stereocenters. The summed E-state index contributed by atoms with van der Waals surface area (Å²) < 4.78 is 0. The minimum Gasteiger partial charge on any atom is -0.349 e. The van der Waals surface area contributed by atoms with Gasteiger partial charge in [-0.1, -0.05) is 60.8 Å². The predicted octanol–water partition coefficient (Wildman–Crippen LogP) is 4.16. The van der Waals surface area contributed by atoms with Gasteiger partial charge in [-0.05, 0) is 34.8 Å². The summed E-state index contributed by atoms with van der Waals surface area (Å²) in [7, 11) is 0. The van der Waals surface area contributed by atoms with Gasteiger partial charge in [0.1, 0.15) is 0 Å². The van der Waals surface area contributed by atoms with E-state index in [-0.39, 0.29) is 5.92 Å². The van der Waals surface area contributed by atoms with Gasteiger partial charge >= 0.3 is 0 Å². The van der Waals surface area contributed by atoms with E-state index in [0.717, 1.165) is 17.1 Å². The van der Waals surface area contributed by atoms with Crippen LogP contribution in [0.1, 0.15) is 22.6 Å². The first-order valence-corrected chi connectivity index (χ1v) is 6.93. The largest absolute Gasteiger partial charge is 0.349 e. The molecule has 0 saturated heterocycles. The summed E-state index contributed by atoms with van der Waals surface area (Å²) in [6.07, 6.45) is 3.35. The molecule has 19 heavy (non-hydrogen) atoms. The maximum Gasteiger partial charge on any atom is 0.0918 e. The lowest BCUT2D eigenvalue weighted by molar-refractivity contribution is 1.23. The smallest absolute Gasteiger partial charge is 0.0918 e. The van der Waals surface area contributed by atoms with Gasteiger partial charge in [0.25, 0.3) is 0 Å². The zero-order valence-electron chi connectivity index (χ0n) is 10.4. The van der Waals surface area contributed by atoms with Gasteiger partial charge < -0.3 is 5.32 Å². The van der Waals surface area contributed by atoms with Gasteiger partial charge in [0.2, 0.25) is 0 Å². The number of para-hydroxylation sites is 1. The van der Waals surface area contributed by atoms with Crippen LogP contribution in [0.4, 0.5) is 5.69 Å². The van der Waals surface area contributed by atoms with E-state index < -0.39 is 0 Å². The van der Waals surface area contributed by atoms with E-state index in [1.807, 2.05) is 6.07 Å². The number of hydrogen-bond acceptors (Lipinski definition) is 1. The minimum atomic E-state index is 0.217. The fourth-order valence-electron chi connectivity index (χ4n) is 3.10. The molecule has 2 aromatic carbocycles. The molecule has 0 spiro atoms. The molecule has 1 nitrogen and oxygen atoms in total. The standard InChI is InChI=1S/C17H13NS/c19-17-16(14-7-3-4-8-15(14)18-17)13-10-9-11-5-1-2-6-12(11)13/h1-8,10,16H,9H2,(H,18,19). The van der Waals surface area contributed by atoms with Crippen LogP contribution in [0, 0.1) is 0 Å². The van der Waals surface area contributed by atoms with Crippen molar-refractivity contribution in [3.8, 4) is 0 Å². The molecule has 4 rings (SSSR count). The maximum absolute atomic E-state index is 5.56. The fourth-order valence-corrected chi connectivity index (χ4v) is 3.46. The molecule has 0 bridgehead atoms.